The van der Waals surface area contributed by atoms with Crippen LogP contribution < -0.4 is 0 Å². The summed E-state index contributed by atoms with van der Waals surface area (Å²) < 4.78 is 0. The van der Waals surface area contributed by atoms with Crippen LogP contribution in [-0.4, -0.2) is 46.2 Å². The van der Waals surface area contributed by atoms with Crippen molar-refractivity contribution < 1.29 is 19.8 Å². The molecule has 0 bridgehead atoms. The molecule has 0 aromatic rings. The first kappa shape index (κ1) is 12.0. The van der Waals surface area contributed by atoms with Gasteiger partial charge in [0.05, 0.1) is 6.42 Å². The van der Waals surface area contributed by atoms with Gasteiger partial charge in [-0.05, 0) is 25.9 Å². The van der Waals surface area contributed by atoms with Gasteiger partial charge in [0.1, 0.15) is 6.04 Å². The quantitative estimate of drug-likeness (QED) is 0.725. The van der Waals surface area contributed by atoms with Crippen molar-refractivity contribution in [2.45, 2.75) is 38.1 Å². The fourth-order valence-corrected chi connectivity index (χ4v) is 1.94. The zero-order chi connectivity index (χ0) is 11.3. The van der Waals surface area contributed by atoms with Gasteiger partial charge in [-0.1, -0.05) is 12.8 Å². The number of carbonyl (C=O) groups is 2. The molecular formula is C10H17NO4. The van der Waals surface area contributed by atoms with Gasteiger partial charge in [-0.2, -0.15) is 0 Å². The molecule has 86 valence electrons. The molecule has 1 unspecified atom stereocenters. The zero-order valence-electron chi connectivity index (χ0n) is 8.69. The standard InChI is InChI=1S/C10H17NO4/c12-9(13)7-8(10(14)15)11-5-3-1-2-4-6-11/h8H,1-7H2,(H,12,13)(H,14,15). The maximum absolute atomic E-state index is 10.9. The van der Waals surface area contributed by atoms with Crippen LogP contribution in [0.25, 0.3) is 0 Å². The third-order valence-electron chi connectivity index (χ3n) is 2.73. The van der Waals surface area contributed by atoms with Crippen LogP contribution >= 0.6 is 0 Å². The highest BCUT2D eigenvalue weighted by molar-refractivity contribution is 5.80. The van der Waals surface area contributed by atoms with Crippen molar-refractivity contribution >= 4 is 11.9 Å². The average Bonchev–Trinajstić information content (AvgIpc) is 2.41. The minimum absolute atomic E-state index is 0.310. The van der Waals surface area contributed by atoms with E-state index < -0.39 is 18.0 Å². The predicted octanol–water partition coefficient (Wildman–Crippen LogP) is 0.790. The van der Waals surface area contributed by atoms with Gasteiger partial charge in [0, 0.05) is 0 Å². The Morgan fingerprint density at radius 1 is 1.07 bits per heavy atom. The Morgan fingerprint density at radius 2 is 1.60 bits per heavy atom. The lowest BCUT2D eigenvalue weighted by atomic mass is 10.1. The van der Waals surface area contributed by atoms with Crippen LogP contribution in [0.1, 0.15) is 32.1 Å². The molecule has 5 nitrogen and oxygen atoms in total. The third-order valence-corrected chi connectivity index (χ3v) is 2.73. The maximum atomic E-state index is 10.9. The van der Waals surface area contributed by atoms with Crippen LogP contribution in [0.4, 0.5) is 0 Å². The summed E-state index contributed by atoms with van der Waals surface area (Å²) in [4.78, 5) is 23.3. The second-order valence-electron chi connectivity index (χ2n) is 3.90. The van der Waals surface area contributed by atoms with Gasteiger partial charge >= 0.3 is 11.9 Å². The average molecular weight is 215 g/mol. The summed E-state index contributed by atoms with van der Waals surface area (Å²) in [7, 11) is 0. The van der Waals surface area contributed by atoms with Gasteiger partial charge < -0.3 is 10.2 Å². The second kappa shape index (κ2) is 5.70. The van der Waals surface area contributed by atoms with Gasteiger partial charge in [-0.3, -0.25) is 14.5 Å². The van der Waals surface area contributed by atoms with Gasteiger partial charge in [0.15, 0.2) is 0 Å². The molecule has 1 saturated heterocycles. The van der Waals surface area contributed by atoms with E-state index in [1.165, 1.54) is 0 Å². The van der Waals surface area contributed by atoms with Crippen LogP contribution in [0.2, 0.25) is 0 Å². The van der Waals surface area contributed by atoms with Crippen molar-refractivity contribution in [2.24, 2.45) is 0 Å². The molecule has 0 aliphatic carbocycles. The summed E-state index contributed by atoms with van der Waals surface area (Å²) in [5.74, 6) is -2.08. The van der Waals surface area contributed by atoms with E-state index in [2.05, 4.69) is 0 Å². The lowest BCUT2D eigenvalue weighted by Crippen LogP contribution is -2.43. The fraction of sp³-hybridized carbons (Fsp3) is 0.800. The molecule has 15 heavy (non-hydrogen) atoms. The van der Waals surface area contributed by atoms with E-state index >= 15 is 0 Å². The summed E-state index contributed by atoms with van der Waals surface area (Å²) >= 11 is 0. The summed E-state index contributed by atoms with van der Waals surface area (Å²) in [5, 5.41) is 17.6. The molecule has 1 rings (SSSR count). The summed E-state index contributed by atoms with van der Waals surface area (Å²) in [6.07, 6.45) is 3.83. The molecular weight excluding hydrogens is 198 g/mol. The van der Waals surface area contributed by atoms with Gasteiger partial charge in [0.2, 0.25) is 0 Å². The topological polar surface area (TPSA) is 77.8 Å². The van der Waals surface area contributed by atoms with Crippen LogP contribution in [0.5, 0.6) is 0 Å². The highest BCUT2D eigenvalue weighted by atomic mass is 16.4. The predicted molar refractivity (Wildman–Crippen MR) is 53.7 cm³/mol. The number of nitrogens with zero attached hydrogens (tertiary/aromatic N) is 1. The molecule has 0 aromatic heterocycles. The van der Waals surface area contributed by atoms with Crippen LogP contribution in [0.15, 0.2) is 0 Å². The van der Waals surface area contributed by atoms with E-state index in [9.17, 15) is 9.59 Å². The summed E-state index contributed by atoms with van der Waals surface area (Å²) in [6.45, 7) is 1.40. The van der Waals surface area contributed by atoms with Crippen molar-refractivity contribution in [1.29, 1.82) is 0 Å². The molecule has 1 heterocycles. The number of hydrogen-bond acceptors (Lipinski definition) is 3. The maximum Gasteiger partial charge on any atom is 0.321 e. The van der Waals surface area contributed by atoms with E-state index in [-0.39, 0.29) is 6.42 Å². The lowest BCUT2D eigenvalue weighted by molar-refractivity contribution is -0.149. The highest BCUT2D eigenvalue weighted by Crippen LogP contribution is 2.14. The number of rotatable bonds is 4. The summed E-state index contributed by atoms with van der Waals surface area (Å²) in [5.41, 5.74) is 0. The van der Waals surface area contributed by atoms with E-state index in [1.54, 1.807) is 4.90 Å². The van der Waals surface area contributed by atoms with E-state index in [1.807, 2.05) is 0 Å². The van der Waals surface area contributed by atoms with Crippen molar-refractivity contribution in [3.63, 3.8) is 0 Å². The molecule has 0 amide bonds. The van der Waals surface area contributed by atoms with E-state index in [0.717, 1.165) is 25.7 Å². The Balaban J connectivity index is 2.60. The van der Waals surface area contributed by atoms with Gasteiger partial charge in [-0.15, -0.1) is 0 Å². The van der Waals surface area contributed by atoms with Gasteiger partial charge in [-0.25, -0.2) is 0 Å². The van der Waals surface area contributed by atoms with Crippen LogP contribution in [-0.2, 0) is 9.59 Å². The normalized spacial score (nSPS) is 20.5. The monoisotopic (exact) mass is 215 g/mol. The second-order valence-corrected chi connectivity index (χ2v) is 3.90. The molecule has 5 heteroatoms. The number of hydrogen-bond donors (Lipinski definition) is 2. The SMILES string of the molecule is O=C(O)CC(C(=O)O)N1CCCCCC1. The fourth-order valence-electron chi connectivity index (χ4n) is 1.94. The zero-order valence-corrected chi connectivity index (χ0v) is 8.69. The first-order valence-electron chi connectivity index (χ1n) is 5.30. The largest absolute Gasteiger partial charge is 0.481 e. The lowest BCUT2D eigenvalue weighted by Gasteiger charge is -2.25. The number of aliphatic carboxylic acids is 2. The molecule has 0 aromatic carbocycles. The molecule has 0 spiro atoms. The first-order valence-corrected chi connectivity index (χ1v) is 5.30. The van der Waals surface area contributed by atoms with E-state index in [0.29, 0.717) is 13.1 Å². The third kappa shape index (κ3) is 3.87. The Kier molecular flexibility index (Phi) is 4.55. The van der Waals surface area contributed by atoms with Crippen molar-refractivity contribution in [2.75, 3.05) is 13.1 Å². The summed E-state index contributed by atoms with van der Waals surface area (Å²) in [6, 6.07) is -0.861. The number of likely N-dealkylation sites (tertiary alicyclic amines) is 1. The Bertz CT molecular complexity index is 234. The molecule has 0 radical (unpaired) electrons. The van der Waals surface area contributed by atoms with Crippen LogP contribution in [0.3, 0.4) is 0 Å². The minimum atomic E-state index is -1.05. The molecule has 1 fully saturated rings. The smallest absolute Gasteiger partial charge is 0.321 e. The number of carboxylic acid groups (broad SMARTS) is 2. The van der Waals surface area contributed by atoms with Crippen molar-refractivity contribution in [3.05, 3.63) is 0 Å². The highest BCUT2D eigenvalue weighted by Gasteiger charge is 2.28. The molecule has 1 aliphatic heterocycles. The van der Waals surface area contributed by atoms with Gasteiger partial charge in [0.25, 0.3) is 0 Å². The molecule has 1 atom stereocenters. The van der Waals surface area contributed by atoms with Crippen molar-refractivity contribution in [3.8, 4) is 0 Å². The molecule has 1 aliphatic rings. The Labute approximate surface area is 88.7 Å². The minimum Gasteiger partial charge on any atom is -0.481 e. The number of carboxylic acids is 2. The Hall–Kier alpha value is -1.10. The first-order chi connectivity index (χ1) is 7.11. The molecule has 2 N–H and O–H groups in total. The Morgan fingerprint density at radius 3 is 2.00 bits per heavy atom. The van der Waals surface area contributed by atoms with E-state index in [4.69, 9.17) is 10.2 Å². The van der Waals surface area contributed by atoms with Crippen molar-refractivity contribution in [1.82, 2.24) is 4.90 Å². The van der Waals surface area contributed by atoms with Crippen LogP contribution in [0, 0.1) is 0 Å². The molecule has 0 saturated carbocycles.